The molecule has 12 unspecified atom stereocenters. The highest BCUT2D eigenvalue weighted by Gasteiger charge is 2.71. The van der Waals surface area contributed by atoms with Crippen molar-refractivity contribution in [1.29, 1.82) is 0 Å². The number of benzene rings is 8. The Morgan fingerprint density at radius 3 is 1.13 bits per heavy atom. The van der Waals surface area contributed by atoms with Crippen LogP contribution in [0.15, 0.2) is 273 Å². The second-order valence-electron chi connectivity index (χ2n) is 25.5. The number of carbonyl (C=O) groups is 7. The van der Waals surface area contributed by atoms with Crippen molar-refractivity contribution in [2.75, 3.05) is 0 Å². The number of aliphatic carboxylic acids is 1. The molecule has 0 amide bonds. The Morgan fingerprint density at radius 2 is 0.809 bits per heavy atom. The van der Waals surface area contributed by atoms with Crippen molar-refractivity contribution in [2.45, 2.75) is 99.7 Å². The van der Waals surface area contributed by atoms with Gasteiger partial charge in [-0.25, -0.2) is 24.4 Å². The Balaban J connectivity index is 0.000000146. The Bertz CT molecular complexity index is 4500. The van der Waals surface area contributed by atoms with E-state index in [4.69, 9.17) is 28.8 Å². The van der Waals surface area contributed by atoms with Gasteiger partial charge < -0.3 is 44.1 Å². The number of alkyl halides is 4. The number of phenols is 2. The standard InChI is InChI=1S/C18H14F2I2O7.2C18H15S.C15H12I2O6.C7H6N4O.C3H4F2O2.CH4/c1-18(19,20)17(26)29-14-6-2-5-12(16(25)28-13(5)14)11(6)15(24)27-10-4-7(21)9(23)3-8(10)22;2*1-4-10-16(11-5-1)19(17-12-6-2-7-13-17)18-14-8-3-9-15-18;16-6-3-9(7(17)2-8(6)18)22-14(20)10-4-1-5-11(10)15(21)23-13(5)12(4)19;12-7(10-3-1-8-5-10)11-4-2-9-6-11;1-3(4,5)2(6)7;/h3-6,11-14,23H,2H2,1H3;2*1-15H;2-5,10-13,18-19H,1H2;1-6H;1H3,(H,6,7);1H4/q;2*+1;;;;. The first kappa shape index (κ1) is 84.0. The quantitative estimate of drug-likeness (QED) is 0.0208. The van der Waals surface area contributed by atoms with Gasteiger partial charge in [-0.3, -0.25) is 28.3 Å². The molecular formula is C80H70F4I4N4O16S2+2. The lowest BCUT2D eigenvalue weighted by Crippen LogP contribution is -2.46. The van der Waals surface area contributed by atoms with E-state index >= 15 is 0 Å². The van der Waals surface area contributed by atoms with Crippen LogP contribution in [0.1, 0.15) is 34.1 Å². The molecule has 8 aromatic carbocycles. The minimum absolute atomic E-state index is 0. The molecule has 4 aliphatic carbocycles. The van der Waals surface area contributed by atoms with E-state index in [2.05, 4.69) is 192 Å². The van der Waals surface area contributed by atoms with Crippen molar-refractivity contribution in [3.63, 3.8) is 0 Å². The van der Waals surface area contributed by atoms with Gasteiger partial charge >= 0.3 is 53.7 Å². The van der Waals surface area contributed by atoms with Crippen LogP contribution in [0.2, 0.25) is 0 Å². The number of aliphatic hydroxyl groups excluding tert-OH is 1. The summed E-state index contributed by atoms with van der Waals surface area (Å²) in [7, 11) is -0.0293. The fourth-order valence-electron chi connectivity index (χ4n) is 13.6. The van der Waals surface area contributed by atoms with E-state index < -0.39 is 102 Å². The van der Waals surface area contributed by atoms with Gasteiger partial charge in [-0.1, -0.05) is 117 Å². The monoisotopic (exact) mass is 1990 g/mol. The normalized spacial score (nSPS) is 21.7. The van der Waals surface area contributed by atoms with Gasteiger partial charge in [0.15, 0.2) is 29.4 Å². The van der Waals surface area contributed by atoms with Gasteiger partial charge in [-0.15, -0.1) is 0 Å². The number of carboxylic acid groups (broad SMARTS) is 1. The van der Waals surface area contributed by atoms with E-state index in [0.29, 0.717) is 46.7 Å². The number of hydrogen-bond donors (Lipinski definition) is 4. The number of carbonyl (C=O) groups excluding carboxylic acids is 6. The smallest absolute Gasteiger partial charge is 0.377 e. The molecule has 6 fully saturated rings. The number of rotatable bonds is 13. The number of nitrogens with zero attached hydrogens (tertiary/aromatic N) is 4. The fraction of sp³-hybridized carbons (Fsp3) is 0.237. The summed E-state index contributed by atoms with van der Waals surface area (Å²) in [5.74, 6) is -16.9. The molecule has 20 nitrogen and oxygen atoms in total. The zero-order valence-electron chi connectivity index (χ0n) is 57.3. The van der Waals surface area contributed by atoms with Crippen LogP contribution >= 0.6 is 90.4 Å². The fourth-order valence-corrected chi connectivity index (χ4v) is 19.8. The zero-order valence-corrected chi connectivity index (χ0v) is 67.5. The highest BCUT2D eigenvalue weighted by atomic mass is 127. The van der Waals surface area contributed by atoms with E-state index in [9.17, 15) is 66.4 Å². The Labute approximate surface area is 689 Å². The lowest BCUT2D eigenvalue weighted by molar-refractivity contribution is -0.185. The number of halogens is 8. The first-order valence-corrected chi connectivity index (χ1v) is 40.2. The molecule has 0 radical (unpaired) electrons. The molecule has 4 heterocycles. The maximum absolute atomic E-state index is 13.3. The Morgan fingerprint density at radius 1 is 0.491 bits per heavy atom. The van der Waals surface area contributed by atoms with E-state index in [-0.39, 0.29) is 70.2 Å². The summed E-state index contributed by atoms with van der Waals surface area (Å²) < 4.78 is 80.3. The Hall–Kier alpha value is -8.43. The third-order valence-corrected chi connectivity index (χ3v) is 26.3. The summed E-state index contributed by atoms with van der Waals surface area (Å²) in [5.41, 5.74) is 0. The highest BCUT2D eigenvalue weighted by molar-refractivity contribution is 14.1. The average Bonchev–Trinajstić information content (AvgIpc) is 1.55. The number of hydrogen-bond acceptors (Lipinski definition) is 17. The minimum Gasteiger partial charge on any atom is -0.507 e. The van der Waals surface area contributed by atoms with Crippen molar-refractivity contribution >= 4 is 154 Å². The first-order chi connectivity index (χ1) is 52.1. The van der Waals surface area contributed by atoms with Gasteiger partial charge in [-0.05, 0) is 200 Å². The maximum Gasteiger partial charge on any atom is 0.377 e. The molecule has 2 saturated heterocycles. The summed E-state index contributed by atoms with van der Waals surface area (Å²) in [6.07, 6.45) is 6.94. The highest BCUT2D eigenvalue weighted by Crippen LogP contribution is 2.60. The summed E-state index contributed by atoms with van der Waals surface area (Å²) in [4.78, 5) is 97.9. The maximum atomic E-state index is 13.3. The van der Waals surface area contributed by atoms with Crippen LogP contribution in [0.5, 0.6) is 23.0 Å². The van der Waals surface area contributed by atoms with Gasteiger partial charge in [0.05, 0.1) is 65.8 Å². The third kappa shape index (κ3) is 19.7. The minimum atomic E-state index is -3.70. The molecule has 4 bridgehead atoms. The van der Waals surface area contributed by atoms with Crippen LogP contribution in [-0.4, -0.2) is 118 Å². The number of aromatic hydroxyl groups is 2. The largest absolute Gasteiger partial charge is 0.507 e. The van der Waals surface area contributed by atoms with E-state index in [1.807, 2.05) is 90.4 Å². The molecule has 30 heteroatoms. The second kappa shape index (κ2) is 37.3. The molecular weight excluding hydrogens is 1920 g/mol. The van der Waals surface area contributed by atoms with Gasteiger partial charge in [-0.2, -0.15) is 17.6 Å². The van der Waals surface area contributed by atoms with Crippen LogP contribution in [0.4, 0.5) is 22.4 Å². The number of aromatic nitrogens is 4. The van der Waals surface area contributed by atoms with Gasteiger partial charge in [0, 0.05) is 62.3 Å². The van der Waals surface area contributed by atoms with E-state index in [1.165, 1.54) is 69.4 Å². The average molecular weight is 1990 g/mol. The number of phenolic OH excluding ortho intramolecular Hbond substituents is 2. The number of aliphatic hydroxyl groups is 1. The van der Waals surface area contributed by atoms with Crippen molar-refractivity contribution in [2.24, 2.45) is 47.3 Å². The van der Waals surface area contributed by atoms with Crippen molar-refractivity contribution in [3.8, 4) is 23.0 Å². The SMILES string of the molecule is C.CC(F)(F)C(=O)O.CC(F)(F)C(=O)OC1C2CC3C1OC(=O)C3C2C(=O)Oc1cc(I)c(O)cc1I.O=C(Oc1cc(I)c(O)cc1I)C1C2CC3C(OC(=O)C31)C2O.O=C(n1ccnc1)n1ccnc1.c1ccc([S+](c2ccccc2)c2ccccc2)cc1.c1ccc([S+](c2ccccc2)c2ccccc2)cc1. The predicted octanol–water partition coefficient (Wildman–Crippen LogP) is 16.1. The van der Waals surface area contributed by atoms with Gasteiger partial charge in [0.25, 0.3) is 0 Å². The van der Waals surface area contributed by atoms with Crippen LogP contribution in [0.3, 0.4) is 0 Å². The summed E-state index contributed by atoms with van der Waals surface area (Å²) >= 11 is 7.69. The Kier molecular flexibility index (Phi) is 28.5. The molecule has 12 atom stereocenters. The molecule has 4 N–H and O–H groups in total. The van der Waals surface area contributed by atoms with E-state index in [0.717, 1.165) is 0 Å². The van der Waals surface area contributed by atoms with Gasteiger partial charge in [0.2, 0.25) is 0 Å². The molecule has 16 rings (SSSR count). The number of imidazole rings is 2. The number of esters is 5. The number of fused-ring (bicyclic) bond motifs is 2. The lowest BCUT2D eigenvalue weighted by Gasteiger charge is -2.30. The molecule has 110 heavy (non-hydrogen) atoms. The van der Waals surface area contributed by atoms with Crippen molar-refractivity contribution < 1.29 is 95.2 Å². The predicted molar refractivity (Wildman–Crippen MR) is 430 cm³/mol. The summed E-state index contributed by atoms with van der Waals surface area (Å²) in [6, 6.07) is 70.1. The second-order valence-corrected chi connectivity index (χ2v) is 34.2. The molecule has 6 aliphatic rings. The van der Waals surface area contributed by atoms with Crippen LogP contribution in [0, 0.1) is 61.6 Å². The molecule has 2 aliphatic heterocycles. The van der Waals surface area contributed by atoms with Crippen LogP contribution < -0.4 is 9.47 Å². The van der Waals surface area contributed by atoms with Crippen molar-refractivity contribution in [3.05, 3.63) is 258 Å². The van der Waals surface area contributed by atoms with E-state index in [1.54, 1.807) is 30.9 Å². The van der Waals surface area contributed by atoms with Crippen LogP contribution in [-0.2, 0) is 64.8 Å². The zero-order chi connectivity index (χ0) is 78.0. The first-order valence-electron chi connectivity index (χ1n) is 33.5. The number of carboxylic acids is 1. The number of ether oxygens (including phenoxy) is 5. The molecule has 4 saturated carbocycles. The molecule has 572 valence electrons. The topological polar surface area (TPSA) is 282 Å². The molecule has 0 spiro atoms. The lowest BCUT2D eigenvalue weighted by atomic mass is 9.78. The molecule has 2 aromatic heterocycles. The summed E-state index contributed by atoms with van der Waals surface area (Å²) in [5, 5.41) is 37.1. The van der Waals surface area contributed by atoms with Crippen LogP contribution in [0.25, 0.3) is 0 Å². The molecule has 10 aromatic rings. The van der Waals surface area contributed by atoms with Crippen molar-refractivity contribution in [1.82, 2.24) is 19.1 Å². The summed E-state index contributed by atoms with van der Waals surface area (Å²) in [6.45, 7) is 0.751. The third-order valence-electron chi connectivity index (χ3n) is 18.4. The van der Waals surface area contributed by atoms with Gasteiger partial charge in [0.1, 0.15) is 54.0 Å².